The van der Waals surface area contributed by atoms with Gasteiger partial charge in [0.15, 0.2) is 5.69 Å². The molecule has 2 aromatic carbocycles. The van der Waals surface area contributed by atoms with Crippen LogP contribution < -0.4 is 5.56 Å². The first-order chi connectivity index (χ1) is 13.1. The molecule has 0 bridgehead atoms. The van der Waals surface area contributed by atoms with Gasteiger partial charge in [0.1, 0.15) is 5.69 Å². The third-order valence-electron chi connectivity index (χ3n) is 4.13. The molecule has 0 atom stereocenters. The molecule has 4 rings (SSSR count). The lowest BCUT2D eigenvalue weighted by atomic mass is 10.0. The second kappa shape index (κ2) is 6.91. The largest absolute Gasteiger partial charge is 0.287 e. The second-order valence-electron chi connectivity index (χ2n) is 5.75. The monoisotopic (exact) mass is 435 g/mol. The molecule has 0 aliphatic carbocycles. The number of nitrogens with zero attached hydrogens (tertiary/aromatic N) is 2. The van der Waals surface area contributed by atoms with Gasteiger partial charge in [-0.2, -0.15) is 5.10 Å². The van der Waals surface area contributed by atoms with Crippen molar-refractivity contribution in [3.8, 4) is 11.1 Å². The average molecular weight is 436 g/mol. The van der Waals surface area contributed by atoms with Crippen LogP contribution in [0.1, 0.15) is 16.1 Å². The minimum atomic E-state index is -0.345. The molecule has 0 saturated heterocycles. The molecule has 1 N–H and O–H groups in total. The fourth-order valence-electron chi connectivity index (χ4n) is 2.79. The first kappa shape index (κ1) is 17.3. The topological polar surface area (TPSA) is 67.2 Å². The molecule has 0 fully saturated rings. The summed E-state index contributed by atoms with van der Waals surface area (Å²) in [4.78, 5) is 28.7. The highest BCUT2D eigenvalue weighted by molar-refractivity contribution is 9.10. The van der Waals surface area contributed by atoms with Gasteiger partial charge in [0, 0.05) is 21.0 Å². The summed E-state index contributed by atoms with van der Waals surface area (Å²) in [6.07, 6.45) is 0. The number of ketones is 1. The van der Waals surface area contributed by atoms with E-state index in [1.165, 1.54) is 11.3 Å². The van der Waals surface area contributed by atoms with Crippen LogP contribution in [0.4, 0.5) is 5.69 Å². The number of carbonyl (C=O) groups is 1. The SMILES string of the molecule is [C-]#[N+]c1ccc(-c2csc3c(C(=O)c4ccc(Br)cc4)n[nH]c(=O)c23)cc1. The zero-order chi connectivity index (χ0) is 19.0. The van der Waals surface area contributed by atoms with Crippen LogP contribution in [0, 0.1) is 6.57 Å². The maximum absolute atomic E-state index is 12.9. The second-order valence-corrected chi connectivity index (χ2v) is 7.54. The lowest BCUT2D eigenvalue weighted by Gasteiger charge is -2.03. The Kier molecular flexibility index (Phi) is 4.44. The van der Waals surface area contributed by atoms with Crippen molar-refractivity contribution in [2.75, 3.05) is 0 Å². The number of hydrogen-bond acceptors (Lipinski definition) is 4. The van der Waals surface area contributed by atoms with Gasteiger partial charge in [0.25, 0.3) is 5.56 Å². The van der Waals surface area contributed by atoms with Crippen LogP contribution in [-0.2, 0) is 0 Å². The molecule has 7 heteroatoms. The lowest BCUT2D eigenvalue weighted by molar-refractivity contribution is 0.103. The number of halogens is 1. The summed E-state index contributed by atoms with van der Waals surface area (Å²) in [6, 6.07) is 14.0. The molecule has 0 unspecified atom stereocenters. The van der Waals surface area contributed by atoms with Gasteiger partial charge in [-0.3, -0.25) is 9.59 Å². The fraction of sp³-hybridized carbons (Fsp3) is 0. The van der Waals surface area contributed by atoms with Crippen molar-refractivity contribution in [3.05, 3.63) is 91.4 Å². The molecule has 0 aliphatic heterocycles. The number of aromatic amines is 1. The summed E-state index contributed by atoms with van der Waals surface area (Å²) < 4.78 is 1.43. The van der Waals surface area contributed by atoms with E-state index in [1.54, 1.807) is 48.5 Å². The Bertz CT molecular complexity index is 1270. The lowest BCUT2D eigenvalue weighted by Crippen LogP contribution is -2.14. The van der Waals surface area contributed by atoms with Gasteiger partial charge < -0.3 is 0 Å². The summed E-state index contributed by atoms with van der Waals surface area (Å²) in [7, 11) is 0. The van der Waals surface area contributed by atoms with Crippen LogP contribution in [0.15, 0.2) is 63.2 Å². The third-order valence-corrected chi connectivity index (χ3v) is 5.65. The first-order valence-electron chi connectivity index (χ1n) is 7.86. The average Bonchev–Trinajstić information content (AvgIpc) is 3.14. The summed E-state index contributed by atoms with van der Waals surface area (Å²) >= 11 is 4.66. The molecule has 0 aliphatic rings. The molecule has 0 amide bonds. The molecule has 2 aromatic heterocycles. The van der Waals surface area contributed by atoms with Gasteiger partial charge in [0.2, 0.25) is 5.78 Å². The van der Waals surface area contributed by atoms with Crippen molar-refractivity contribution in [3.63, 3.8) is 0 Å². The van der Waals surface area contributed by atoms with Crippen LogP contribution in [0.3, 0.4) is 0 Å². The van der Waals surface area contributed by atoms with E-state index in [0.29, 0.717) is 21.3 Å². The van der Waals surface area contributed by atoms with Crippen LogP contribution in [0.5, 0.6) is 0 Å². The molecule has 27 heavy (non-hydrogen) atoms. The Labute approximate surface area is 166 Å². The number of benzene rings is 2. The van der Waals surface area contributed by atoms with Crippen molar-refractivity contribution < 1.29 is 4.79 Å². The molecule has 0 spiro atoms. The summed E-state index contributed by atoms with van der Waals surface area (Å²) in [5.41, 5.74) is 2.44. The number of hydrogen-bond donors (Lipinski definition) is 1. The molecule has 0 radical (unpaired) electrons. The van der Waals surface area contributed by atoms with E-state index in [0.717, 1.165) is 15.6 Å². The number of H-pyrrole nitrogens is 1. The van der Waals surface area contributed by atoms with Gasteiger partial charge in [-0.1, -0.05) is 40.2 Å². The normalized spacial score (nSPS) is 10.7. The zero-order valence-corrected chi connectivity index (χ0v) is 16.1. The Morgan fingerprint density at radius 2 is 1.81 bits per heavy atom. The van der Waals surface area contributed by atoms with Crippen molar-refractivity contribution in [2.24, 2.45) is 0 Å². The van der Waals surface area contributed by atoms with E-state index in [9.17, 15) is 9.59 Å². The number of fused-ring (bicyclic) bond motifs is 1. The van der Waals surface area contributed by atoms with Crippen molar-refractivity contribution >= 4 is 48.8 Å². The first-order valence-corrected chi connectivity index (χ1v) is 9.54. The van der Waals surface area contributed by atoms with Crippen molar-refractivity contribution in [1.29, 1.82) is 0 Å². The fourth-order valence-corrected chi connectivity index (χ4v) is 4.12. The van der Waals surface area contributed by atoms with Gasteiger partial charge in [0.05, 0.1) is 16.7 Å². The Morgan fingerprint density at radius 1 is 1.11 bits per heavy atom. The number of carbonyl (C=O) groups excluding carboxylic acids is 1. The van der Waals surface area contributed by atoms with Crippen LogP contribution in [-0.4, -0.2) is 16.0 Å². The highest BCUT2D eigenvalue weighted by atomic mass is 79.9. The highest BCUT2D eigenvalue weighted by Crippen LogP contribution is 2.34. The van der Waals surface area contributed by atoms with Gasteiger partial charge >= 0.3 is 0 Å². The van der Waals surface area contributed by atoms with E-state index in [-0.39, 0.29) is 17.0 Å². The summed E-state index contributed by atoms with van der Waals surface area (Å²) in [6.45, 7) is 7.05. The van der Waals surface area contributed by atoms with Crippen LogP contribution in [0.25, 0.3) is 26.1 Å². The third kappa shape index (κ3) is 3.10. The molecule has 5 nitrogen and oxygen atoms in total. The highest BCUT2D eigenvalue weighted by Gasteiger charge is 2.20. The smallest absolute Gasteiger partial charge is 0.273 e. The van der Waals surface area contributed by atoms with E-state index in [4.69, 9.17) is 6.57 Å². The quantitative estimate of drug-likeness (QED) is 0.355. The zero-order valence-electron chi connectivity index (χ0n) is 13.7. The molecule has 130 valence electrons. The predicted molar refractivity (Wildman–Crippen MR) is 110 cm³/mol. The molecule has 4 aromatic rings. The number of nitrogens with one attached hydrogen (secondary N) is 1. The maximum Gasteiger partial charge on any atom is 0.273 e. The Morgan fingerprint density at radius 3 is 2.48 bits per heavy atom. The van der Waals surface area contributed by atoms with E-state index in [1.807, 2.05) is 5.38 Å². The Hall–Kier alpha value is -3.08. The van der Waals surface area contributed by atoms with E-state index < -0.39 is 0 Å². The van der Waals surface area contributed by atoms with Gasteiger partial charge in [-0.25, -0.2) is 9.94 Å². The van der Waals surface area contributed by atoms with Gasteiger partial charge in [-0.15, -0.1) is 11.3 Å². The standard InChI is InChI=1S/C20H10BrN3O2S/c1-22-14-8-4-11(5-9-14)15-10-27-19-16(15)20(26)24-23-17(19)18(25)12-2-6-13(21)7-3-12/h2-10H,(H,24,26). The van der Waals surface area contributed by atoms with Gasteiger partial charge in [-0.05, 0) is 29.8 Å². The van der Waals surface area contributed by atoms with Crippen LogP contribution >= 0.6 is 27.3 Å². The van der Waals surface area contributed by atoms with Crippen molar-refractivity contribution in [2.45, 2.75) is 0 Å². The minimum Gasteiger partial charge on any atom is -0.287 e. The molecule has 2 heterocycles. The predicted octanol–water partition coefficient (Wildman–Crippen LogP) is 5.20. The Balaban J connectivity index is 1.87. The number of aromatic nitrogens is 2. The van der Waals surface area contributed by atoms with Crippen molar-refractivity contribution in [1.82, 2.24) is 10.2 Å². The number of thiophene rings is 1. The summed E-state index contributed by atoms with van der Waals surface area (Å²) in [5.74, 6) is -0.250. The molecular weight excluding hydrogens is 426 g/mol. The molecular formula is C20H10BrN3O2S. The molecule has 0 saturated carbocycles. The maximum atomic E-state index is 12.9. The summed E-state index contributed by atoms with van der Waals surface area (Å²) in [5, 5.41) is 8.73. The number of rotatable bonds is 3. The van der Waals surface area contributed by atoms with E-state index >= 15 is 0 Å². The van der Waals surface area contributed by atoms with Crippen LogP contribution in [0.2, 0.25) is 0 Å². The van der Waals surface area contributed by atoms with E-state index in [2.05, 4.69) is 31.0 Å². The minimum absolute atomic E-state index is 0.223.